The molecule has 6 nitrogen and oxygen atoms in total. The summed E-state index contributed by atoms with van der Waals surface area (Å²) in [5, 5.41) is 5.07. The molecule has 0 atom stereocenters. The lowest BCUT2D eigenvalue weighted by atomic mass is 10.0. The van der Waals surface area contributed by atoms with Crippen molar-refractivity contribution in [3.63, 3.8) is 0 Å². The molecule has 0 amide bonds. The molecule has 0 aliphatic rings. The molecule has 180 valence electrons. The fourth-order valence-electron chi connectivity index (χ4n) is 3.35. The Kier molecular flexibility index (Phi) is 6.68. The number of nitrogens with zero attached hydrogens (tertiary/aromatic N) is 3. The first kappa shape index (κ1) is 24.5. The van der Waals surface area contributed by atoms with Gasteiger partial charge in [-0.1, -0.05) is 60.1 Å². The molecule has 0 bridgehead atoms. The van der Waals surface area contributed by atoms with Crippen LogP contribution in [0.4, 0.5) is 13.2 Å². The zero-order chi connectivity index (χ0) is 25.2. The molecule has 0 saturated carbocycles. The minimum atomic E-state index is -4.69. The first-order valence-corrected chi connectivity index (χ1v) is 12.0. The summed E-state index contributed by atoms with van der Waals surface area (Å²) in [5.41, 5.74) is 1.69. The number of hydrogen-bond acceptors (Lipinski definition) is 4. The Morgan fingerprint density at radius 1 is 0.971 bits per heavy atom. The monoisotopic (exact) mass is 518 g/mol. The molecule has 0 spiro atoms. The molecule has 0 aliphatic heterocycles. The van der Waals surface area contributed by atoms with E-state index in [0.717, 1.165) is 29.3 Å². The molecule has 35 heavy (non-hydrogen) atoms. The van der Waals surface area contributed by atoms with Gasteiger partial charge in [0.25, 0.3) is 10.0 Å². The largest absolute Gasteiger partial charge is 0.416 e. The van der Waals surface area contributed by atoms with Crippen LogP contribution in [0.3, 0.4) is 0 Å². The maximum atomic E-state index is 13.1. The van der Waals surface area contributed by atoms with Gasteiger partial charge in [0.15, 0.2) is 0 Å². The highest BCUT2D eigenvalue weighted by Crippen LogP contribution is 2.32. The number of benzene rings is 3. The van der Waals surface area contributed by atoms with Gasteiger partial charge in [-0.3, -0.25) is 4.99 Å². The number of aromatic nitrogens is 2. The van der Waals surface area contributed by atoms with Crippen LogP contribution in [0.2, 0.25) is 5.02 Å². The van der Waals surface area contributed by atoms with Crippen molar-refractivity contribution >= 4 is 27.6 Å². The van der Waals surface area contributed by atoms with Crippen molar-refractivity contribution in [3.05, 3.63) is 95.6 Å². The van der Waals surface area contributed by atoms with E-state index in [1.54, 1.807) is 30.5 Å². The van der Waals surface area contributed by atoms with Gasteiger partial charge in [0.05, 0.1) is 10.5 Å². The normalized spacial score (nSPS) is 12.5. The van der Waals surface area contributed by atoms with E-state index < -0.39 is 26.7 Å². The van der Waals surface area contributed by atoms with Gasteiger partial charge in [-0.15, -0.1) is 0 Å². The number of sulfonamides is 1. The molecule has 0 aliphatic carbocycles. The molecule has 0 saturated heterocycles. The topological polar surface area (TPSA) is 76.3 Å². The molecule has 0 fully saturated rings. The minimum absolute atomic E-state index is 0.195. The zero-order valence-electron chi connectivity index (χ0n) is 18.2. The highest BCUT2D eigenvalue weighted by atomic mass is 35.5. The number of alkyl halides is 3. The number of hydrogen-bond donors (Lipinski definition) is 1. The first-order valence-electron chi connectivity index (χ1n) is 10.2. The van der Waals surface area contributed by atoms with Crippen molar-refractivity contribution in [1.82, 2.24) is 14.5 Å². The quantitative estimate of drug-likeness (QED) is 0.278. The molecule has 1 aromatic heterocycles. The van der Waals surface area contributed by atoms with E-state index in [-0.39, 0.29) is 5.96 Å². The molecular formula is C24H18ClF3N4O2S. The summed E-state index contributed by atoms with van der Waals surface area (Å²) < 4.78 is 68.5. The average Bonchev–Trinajstić information content (AvgIpc) is 3.28. The van der Waals surface area contributed by atoms with E-state index in [4.69, 9.17) is 11.6 Å². The molecule has 1 N–H and O–H groups in total. The van der Waals surface area contributed by atoms with E-state index in [9.17, 15) is 21.6 Å². The second-order valence-electron chi connectivity index (χ2n) is 7.39. The molecule has 4 aromatic rings. The second-order valence-corrected chi connectivity index (χ2v) is 9.51. The van der Waals surface area contributed by atoms with Gasteiger partial charge in [0.1, 0.15) is 5.69 Å². The fraction of sp³-hybridized carbons (Fsp3) is 0.0833. The molecule has 1 heterocycles. The average molecular weight is 519 g/mol. The maximum absolute atomic E-state index is 13.1. The Morgan fingerprint density at radius 3 is 2.29 bits per heavy atom. The summed E-state index contributed by atoms with van der Waals surface area (Å²) in [6.07, 6.45) is -3.09. The Balaban J connectivity index is 1.75. The lowest BCUT2D eigenvalue weighted by Crippen LogP contribution is -2.36. The Hall–Kier alpha value is -3.63. The van der Waals surface area contributed by atoms with E-state index in [1.807, 2.05) is 30.3 Å². The predicted octanol–water partition coefficient (Wildman–Crippen LogP) is 5.70. The van der Waals surface area contributed by atoms with Crippen molar-refractivity contribution in [3.8, 4) is 22.4 Å². The van der Waals surface area contributed by atoms with Crippen LogP contribution in [0, 0.1) is 0 Å². The SMILES string of the molecule is CN=C(NS(=O)(=O)c1cccc(C(F)(F)F)c1)n1cc(-c2ccccc2)c(-c2ccc(Cl)cc2)n1. The van der Waals surface area contributed by atoms with E-state index in [1.165, 1.54) is 11.7 Å². The van der Waals surface area contributed by atoms with Gasteiger partial charge in [0, 0.05) is 29.4 Å². The van der Waals surface area contributed by atoms with Crippen molar-refractivity contribution in [2.75, 3.05) is 7.05 Å². The molecular weight excluding hydrogens is 501 g/mol. The van der Waals surface area contributed by atoms with Crippen molar-refractivity contribution in [2.24, 2.45) is 4.99 Å². The summed E-state index contributed by atoms with van der Waals surface area (Å²) in [6, 6.07) is 19.7. The maximum Gasteiger partial charge on any atom is 0.416 e. The molecule has 0 radical (unpaired) electrons. The Labute approximate surface area is 204 Å². The van der Waals surface area contributed by atoms with Crippen LogP contribution in [0.5, 0.6) is 0 Å². The van der Waals surface area contributed by atoms with Crippen LogP contribution in [-0.4, -0.2) is 31.2 Å². The van der Waals surface area contributed by atoms with Crippen molar-refractivity contribution < 1.29 is 21.6 Å². The summed E-state index contributed by atoms with van der Waals surface area (Å²) in [6.45, 7) is 0. The summed E-state index contributed by atoms with van der Waals surface area (Å²) >= 11 is 6.01. The van der Waals surface area contributed by atoms with Crippen LogP contribution < -0.4 is 4.72 Å². The minimum Gasteiger partial charge on any atom is -0.254 e. The predicted molar refractivity (Wildman–Crippen MR) is 129 cm³/mol. The third-order valence-corrected chi connectivity index (χ3v) is 6.62. The second kappa shape index (κ2) is 9.55. The lowest BCUT2D eigenvalue weighted by Gasteiger charge is -2.12. The van der Waals surface area contributed by atoms with Crippen molar-refractivity contribution in [2.45, 2.75) is 11.1 Å². The molecule has 3 aromatic carbocycles. The summed E-state index contributed by atoms with van der Waals surface area (Å²) in [5.74, 6) is -0.195. The van der Waals surface area contributed by atoms with Crippen LogP contribution in [0.25, 0.3) is 22.4 Å². The van der Waals surface area contributed by atoms with Gasteiger partial charge in [-0.25, -0.2) is 17.8 Å². The highest BCUT2D eigenvalue weighted by molar-refractivity contribution is 7.90. The van der Waals surface area contributed by atoms with Gasteiger partial charge >= 0.3 is 6.18 Å². The van der Waals surface area contributed by atoms with Gasteiger partial charge in [0.2, 0.25) is 5.96 Å². The molecule has 11 heteroatoms. The molecule has 0 unspecified atom stereocenters. The standard InChI is InChI=1S/C24H18ClF3N4O2S/c1-29-23(31-35(33,34)20-9-5-8-18(14-20)24(26,27)28)32-15-21(16-6-3-2-4-7-16)22(30-32)17-10-12-19(25)13-11-17/h2-15H,1H3,(H,29,31). The van der Waals surface area contributed by atoms with Crippen LogP contribution in [0.1, 0.15) is 5.56 Å². The van der Waals surface area contributed by atoms with Crippen LogP contribution in [-0.2, 0) is 16.2 Å². The number of aliphatic imine (C=N–C) groups is 1. The smallest absolute Gasteiger partial charge is 0.254 e. The first-order chi connectivity index (χ1) is 16.6. The molecule has 4 rings (SSSR count). The van der Waals surface area contributed by atoms with Crippen LogP contribution >= 0.6 is 11.6 Å². The van der Waals surface area contributed by atoms with Gasteiger partial charge in [-0.05, 0) is 35.9 Å². The zero-order valence-corrected chi connectivity index (χ0v) is 19.7. The summed E-state index contributed by atoms with van der Waals surface area (Å²) in [4.78, 5) is 3.43. The lowest BCUT2D eigenvalue weighted by molar-refractivity contribution is -0.137. The van der Waals surface area contributed by atoms with Gasteiger partial charge < -0.3 is 0 Å². The van der Waals surface area contributed by atoms with E-state index >= 15 is 0 Å². The highest BCUT2D eigenvalue weighted by Gasteiger charge is 2.32. The van der Waals surface area contributed by atoms with Gasteiger partial charge in [-0.2, -0.15) is 18.3 Å². The fourth-order valence-corrected chi connectivity index (χ4v) is 4.55. The third kappa shape index (κ3) is 5.39. The van der Waals surface area contributed by atoms with Crippen LogP contribution in [0.15, 0.2) is 94.9 Å². The van der Waals surface area contributed by atoms with E-state index in [0.29, 0.717) is 22.3 Å². The third-order valence-electron chi connectivity index (χ3n) is 5.04. The number of halogens is 4. The summed E-state index contributed by atoms with van der Waals surface area (Å²) in [7, 11) is -3.06. The number of nitrogens with one attached hydrogen (secondary N) is 1. The van der Waals surface area contributed by atoms with Crippen molar-refractivity contribution in [1.29, 1.82) is 0 Å². The number of rotatable bonds is 4. The Morgan fingerprint density at radius 2 is 1.66 bits per heavy atom. The van der Waals surface area contributed by atoms with E-state index in [2.05, 4.69) is 14.8 Å². The Bertz CT molecular complexity index is 1480.